The van der Waals surface area contributed by atoms with Crippen molar-refractivity contribution in [3.05, 3.63) is 66.5 Å². The molecule has 0 radical (unpaired) electrons. The van der Waals surface area contributed by atoms with E-state index in [2.05, 4.69) is 82.8 Å². The second-order valence-corrected chi connectivity index (χ2v) is 7.24. The predicted molar refractivity (Wildman–Crippen MR) is 112 cm³/mol. The summed E-state index contributed by atoms with van der Waals surface area (Å²) in [7, 11) is 2.03. The van der Waals surface area contributed by atoms with Gasteiger partial charge in [-0.15, -0.1) is 11.8 Å². The molecule has 0 aliphatic carbocycles. The highest BCUT2D eigenvalue weighted by molar-refractivity contribution is 7.98. The summed E-state index contributed by atoms with van der Waals surface area (Å²) in [5.74, 6) is 2.16. The van der Waals surface area contributed by atoms with E-state index in [1.165, 1.54) is 10.5 Å². The van der Waals surface area contributed by atoms with E-state index in [0.717, 1.165) is 23.0 Å². The lowest BCUT2D eigenvalue weighted by molar-refractivity contribution is 0.867. The van der Waals surface area contributed by atoms with Crippen molar-refractivity contribution in [2.75, 3.05) is 23.5 Å². The molecule has 134 valence electrons. The quantitative estimate of drug-likeness (QED) is 0.557. The van der Waals surface area contributed by atoms with E-state index in [-0.39, 0.29) is 0 Å². The first-order valence-electron chi connectivity index (χ1n) is 8.64. The highest BCUT2D eigenvalue weighted by Gasteiger charge is 2.10. The molecule has 0 aliphatic rings. The average Bonchev–Trinajstić information content (AvgIpc) is 2.68. The molecule has 4 nitrogen and oxygen atoms in total. The lowest BCUT2D eigenvalue weighted by atomic mass is 10.0. The number of anilines is 4. The SMILES string of the molecule is CSc1ccccc1N(C)c1cc(Nc2ccc(C(C)C)cc2)ncn1. The Morgan fingerprint density at radius 3 is 2.42 bits per heavy atom. The van der Waals surface area contributed by atoms with Gasteiger partial charge in [0.05, 0.1) is 5.69 Å². The van der Waals surface area contributed by atoms with Crippen LogP contribution in [0.3, 0.4) is 0 Å². The van der Waals surface area contributed by atoms with Gasteiger partial charge in [-0.2, -0.15) is 0 Å². The van der Waals surface area contributed by atoms with Crippen molar-refractivity contribution in [3.8, 4) is 0 Å². The van der Waals surface area contributed by atoms with Gasteiger partial charge in [0.15, 0.2) is 0 Å². The molecule has 2 aromatic carbocycles. The average molecular weight is 365 g/mol. The minimum Gasteiger partial charge on any atom is -0.340 e. The molecule has 1 N–H and O–H groups in total. The van der Waals surface area contributed by atoms with Crippen LogP contribution < -0.4 is 10.2 Å². The van der Waals surface area contributed by atoms with Crippen LogP contribution in [-0.4, -0.2) is 23.3 Å². The molecule has 3 rings (SSSR count). The summed E-state index contributed by atoms with van der Waals surface area (Å²) in [5, 5.41) is 3.36. The van der Waals surface area contributed by atoms with E-state index >= 15 is 0 Å². The zero-order valence-corrected chi connectivity index (χ0v) is 16.4. The molecule has 26 heavy (non-hydrogen) atoms. The standard InChI is InChI=1S/C21H24N4S/c1-15(2)16-9-11-17(12-10-16)24-20-13-21(23-14-22-20)25(3)18-7-5-6-8-19(18)26-4/h5-15H,1-4H3,(H,22,23,24). The first-order chi connectivity index (χ1) is 12.6. The maximum absolute atomic E-state index is 4.44. The summed E-state index contributed by atoms with van der Waals surface area (Å²) in [6.45, 7) is 4.39. The van der Waals surface area contributed by atoms with Gasteiger partial charge < -0.3 is 10.2 Å². The van der Waals surface area contributed by atoms with E-state index in [4.69, 9.17) is 0 Å². The molecule has 0 saturated carbocycles. The van der Waals surface area contributed by atoms with Crippen molar-refractivity contribution >= 4 is 34.8 Å². The third-order valence-electron chi connectivity index (χ3n) is 4.29. The van der Waals surface area contributed by atoms with Crippen LogP contribution in [0.15, 0.2) is 65.8 Å². The van der Waals surface area contributed by atoms with Crippen molar-refractivity contribution < 1.29 is 0 Å². The molecule has 0 atom stereocenters. The molecule has 0 bridgehead atoms. The van der Waals surface area contributed by atoms with E-state index < -0.39 is 0 Å². The number of hydrogen-bond donors (Lipinski definition) is 1. The zero-order chi connectivity index (χ0) is 18.5. The molecule has 0 spiro atoms. The minimum atomic E-state index is 0.528. The number of thioether (sulfide) groups is 1. The molecule has 1 aromatic heterocycles. The van der Waals surface area contributed by atoms with Crippen LogP contribution >= 0.6 is 11.8 Å². The van der Waals surface area contributed by atoms with Crippen LogP contribution in [0.2, 0.25) is 0 Å². The van der Waals surface area contributed by atoms with Crippen molar-refractivity contribution in [1.29, 1.82) is 0 Å². The Bertz CT molecular complexity index is 862. The van der Waals surface area contributed by atoms with Crippen LogP contribution in [0.5, 0.6) is 0 Å². The van der Waals surface area contributed by atoms with Crippen molar-refractivity contribution in [3.63, 3.8) is 0 Å². The van der Waals surface area contributed by atoms with Crippen LogP contribution in [0.25, 0.3) is 0 Å². The minimum absolute atomic E-state index is 0.528. The van der Waals surface area contributed by atoms with Gasteiger partial charge in [0, 0.05) is 23.7 Å². The Balaban J connectivity index is 1.81. The number of para-hydroxylation sites is 1. The van der Waals surface area contributed by atoms with Gasteiger partial charge in [0.2, 0.25) is 0 Å². The van der Waals surface area contributed by atoms with Gasteiger partial charge in [-0.3, -0.25) is 0 Å². The van der Waals surface area contributed by atoms with E-state index in [1.807, 2.05) is 19.2 Å². The van der Waals surface area contributed by atoms with Gasteiger partial charge in [-0.1, -0.05) is 38.1 Å². The Morgan fingerprint density at radius 1 is 1.00 bits per heavy atom. The van der Waals surface area contributed by atoms with E-state index in [0.29, 0.717) is 5.92 Å². The van der Waals surface area contributed by atoms with Gasteiger partial charge in [0.25, 0.3) is 0 Å². The monoisotopic (exact) mass is 364 g/mol. The summed E-state index contributed by atoms with van der Waals surface area (Å²) in [6, 6.07) is 18.8. The van der Waals surface area contributed by atoms with Crippen LogP contribution in [0, 0.1) is 0 Å². The Labute approximate surface area is 159 Å². The Hall–Kier alpha value is -2.53. The fraction of sp³-hybridized carbons (Fsp3) is 0.238. The fourth-order valence-corrected chi connectivity index (χ4v) is 3.36. The number of aromatic nitrogens is 2. The largest absolute Gasteiger partial charge is 0.340 e. The lowest BCUT2D eigenvalue weighted by Gasteiger charge is -2.21. The van der Waals surface area contributed by atoms with Crippen molar-refractivity contribution in [2.24, 2.45) is 0 Å². The Morgan fingerprint density at radius 2 is 1.73 bits per heavy atom. The molecule has 3 aromatic rings. The summed E-state index contributed by atoms with van der Waals surface area (Å²) in [6.07, 6.45) is 3.68. The summed E-state index contributed by atoms with van der Waals surface area (Å²) >= 11 is 1.73. The molecule has 0 aliphatic heterocycles. The Kier molecular flexibility index (Phi) is 5.78. The third-order valence-corrected chi connectivity index (χ3v) is 5.08. The molecular weight excluding hydrogens is 340 g/mol. The topological polar surface area (TPSA) is 41.0 Å². The van der Waals surface area contributed by atoms with Crippen molar-refractivity contribution in [2.45, 2.75) is 24.7 Å². The first kappa shape index (κ1) is 18.3. The normalized spacial score (nSPS) is 10.8. The molecule has 0 unspecified atom stereocenters. The predicted octanol–water partition coefficient (Wildman–Crippen LogP) is 5.83. The zero-order valence-electron chi connectivity index (χ0n) is 15.6. The van der Waals surface area contributed by atoms with E-state index in [1.54, 1.807) is 18.1 Å². The van der Waals surface area contributed by atoms with Crippen LogP contribution in [-0.2, 0) is 0 Å². The number of benzene rings is 2. The second kappa shape index (κ2) is 8.23. The number of hydrogen-bond acceptors (Lipinski definition) is 5. The van der Waals surface area contributed by atoms with Crippen LogP contribution in [0.1, 0.15) is 25.3 Å². The number of nitrogens with one attached hydrogen (secondary N) is 1. The molecule has 0 amide bonds. The van der Waals surface area contributed by atoms with Crippen molar-refractivity contribution in [1.82, 2.24) is 9.97 Å². The summed E-state index contributed by atoms with van der Waals surface area (Å²) in [4.78, 5) is 12.1. The molecule has 0 fully saturated rings. The number of nitrogens with zero attached hydrogens (tertiary/aromatic N) is 3. The first-order valence-corrected chi connectivity index (χ1v) is 9.86. The second-order valence-electron chi connectivity index (χ2n) is 6.39. The molecule has 5 heteroatoms. The van der Waals surface area contributed by atoms with Crippen LogP contribution in [0.4, 0.5) is 23.0 Å². The highest BCUT2D eigenvalue weighted by Crippen LogP contribution is 2.32. The van der Waals surface area contributed by atoms with Gasteiger partial charge in [0.1, 0.15) is 18.0 Å². The van der Waals surface area contributed by atoms with Gasteiger partial charge in [-0.25, -0.2) is 9.97 Å². The molecule has 0 saturated heterocycles. The smallest absolute Gasteiger partial charge is 0.138 e. The third kappa shape index (κ3) is 4.17. The fourth-order valence-electron chi connectivity index (χ4n) is 2.73. The summed E-state index contributed by atoms with van der Waals surface area (Å²) < 4.78 is 0. The summed E-state index contributed by atoms with van der Waals surface area (Å²) in [5.41, 5.74) is 3.48. The maximum Gasteiger partial charge on any atom is 0.138 e. The van der Waals surface area contributed by atoms with Gasteiger partial charge in [-0.05, 0) is 42.0 Å². The van der Waals surface area contributed by atoms with E-state index in [9.17, 15) is 0 Å². The maximum atomic E-state index is 4.44. The lowest BCUT2D eigenvalue weighted by Crippen LogP contribution is -2.12. The van der Waals surface area contributed by atoms with Gasteiger partial charge >= 0.3 is 0 Å². The number of rotatable bonds is 6. The highest BCUT2D eigenvalue weighted by atomic mass is 32.2. The molecule has 1 heterocycles. The molecular formula is C21H24N4S.